The van der Waals surface area contributed by atoms with E-state index in [0.717, 1.165) is 24.0 Å². The standard InChI is InChI=1S/C5H10N2S.BrH/c1-2-7-3-4-8-5(7)6;/h6H,2-4H2,1H3;1H. The maximum Gasteiger partial charge on any atom is 0.156 e. The van der Waals surface area contributed by atoms with Gasteiger partial charge in [0, 0.05) is 18.8 Å². The van der Waals surface area contributed by atoms with Crippen LogP contribution in [-0.2, 0) is 0 Å². The van der Waals surface area contributed by atoms with E-state index >= 15 is 0 Å². The molecule has 0 radical (unpaired) electrons. The summed E-state index contributed by atoms with van der Waals surface area (Å²) in [7, 11) is 0. The van der Waals surface area contributed by atoms with E-state index in [1.807, 2.05) is 0 Å². The van der Waals surface area contributed by atoms with E-state index in [1.54, 1.807) is 11.8 Å². The number of nitrogens with zero attached hydrogens (tertiary/aromatic N) is 1. The Morgan fingerprint density at radius 2 is 2.44 bits per heavy atom. The van der Waals surface area contributed by atoms with E-state index in [1.165, 1.54) is 0 Å². The highest BCUT2D eigenvalue weighted by molar-refractivity contribution is 8.93. The van der Waals surface area contributed by atoms with Gasteiger partial charge in [-0.25, -0.2) is 0 Å². The molecule has 0 amide bonds. The maximum atomic E-state index is 7.29. The number of rotatable bonds is 1. The van der Waals surface area contributed by atoms with E-state index < -0.39 is 0 Å². The molecule has 0 aromatic rings. The average Bonchev–Trinajstić information content (AvgIpc) is 2.14. The molecule has 0 saturated carbocycles. The molecule has 0 aromatic heterocycles. The van der Waals surface area contributed by atoms with Crippen molar-refractivity contribution in [3.8, 4) is 0 Å². The first-order valence-electron chi connectivity index (χ1n) is 2.81. The zero-order chi connectivity index (χ0) is 5.98. The SMILES string of the molecule is Br.CCN1CCSC1=N. The van der Waals surface area contributed by atoms with Crippen molar-refractivity contribution in [2.24, 2.45) is 0 Å². The molecule has 0 spiro atoms. The molecule has 0 aliphatic carbocycles. The van der Waals surface area contributed by atoms with Gasteiger partial charge in [-0.2, -0.15) is 0 Å². The number of nitrogens with one attached hydrogen (secondary N) is 1. The van der Waals surface area contributed by atoms with Gasteiger partial charge in [0.15, 0.2) is 5.17 Å². The third kappa shape index (κ3) is 2.18. The van der Waals surface area contributed by atoms with E-state index in [4.69, 9.17) is 5.41 Å². The fourth-order valence-corrected chi connectivity index (χ4v) is 1.66. The second-order valence-corrected chi connectivity index (χ2v) is 2.82. The second-order valence-electron chi connectivity index (χ2n) is 1.73. The molecule has 1 aliphatic heterocycles. The minimum atomic E-state index is 0. The maximum absolute atomic E-state index is 7.29. The molecule has 1 heterocycles. The summed E-state index contributed by atoms with van der Waals surface area (Å²) in [6.07, 6.45) is 0. The average molecular weight is 211 g/mol. The second kappa shape index (κ2) is 4.17. The third-order valence-corrected chi connectivity index (χ3v) is 2.19. The number of amidine groups is 1. The Kier molecular flexibility index (Phi) is 4.31. The smallest absolute Gasteiger partial charge is 0.156 e. The Labute approximate surface area is 70.3 Å². The molecular weight excluding hydrogens is 200 g/mol. The van der Waals surface area contributed by atoms with E-state index in [9.17, 15) is 0 Å². The fraction of sp³-hybridized carbons (Fsp3) is 0.800. The highest BCUT2D eigenvalue weighted by Gasteiger charge is 2.14. The summed E-state index contributed by atoms with van der Waals surface area (Å²) in [6.45, 7) is 4.15. The van der Waals surface area contributed by atoms with Crippen LogP contribution in [0.4, 0.5) is 0 Å². The molecule has 1 aliphatic rings. The number of halogens is 1. The minimum absolute atomic E-state index is 0. The molecule has 1 rings (SSSR count). The number of thioether (sulfide) groups is 1. The molecule has 1 fully saturated rings. The molecule has 0 atom stereocenters. The van der Waals surface area contributed by atoms with Crippen molar-refractivity contribution in [3.05, 3.63) is 0 Å². The van der Waals surface area contributed by atoms with Crippen LogP contribution in [0.5, 0.6) is 0 Å². The molecule has 0 bridgehead atoms. The van der Waals surface area contributed by atoms with Gasteiger partial charge in [0.1, 0.15) is 0 Å². The van der Waals surface area contributed by atoms with Gasteiger partial charge in [0.2, 0.25) is 0 Å². The Bertz CT molecular complexity index is 107. The Morgan fingerprint density at radius 3 is 2.67 bits per heavy atom. The van der Waals surface area contributed by atoms with Crippen LogP contribution in [0.2, 0.25) is 0 Å². The molecule has 1 saturated heterocycles. The van der Waals surface area contributed by atoms with Gasteiger partial charge in [-0.15, -0.1) is 17.0 Å². The van der Waals surface area contributed by atoms with Crippen molar-refractivity contribution >= 4 is 33.9 Å². The van der Waals surface area contributed by atoms with Crippen LogP contribution in [0.1, 0.15) is 6.92 Å². The lowest BCUT2D eigenvalue weighted by atomic mass is 10.6. The van der Waals surface area contributed by atoms with Gasteiger partial charge in [-0.1, -0.05) is 11.8 Å². The predicted octanol–water partition coefficient (Wildman–Crippen LogP) is 1.57. The lowest BCUT2D eigenvalue weighted by molar-refractivity contribution is 0.486. The summed E-state index contributed by atoms with van der Waals surface area (Å²) < 4.78 is 0. The van der Waals surface area contributed by atoms with Crippen LogP contribution in [0.25, 0.3) is 0 Å². The lowest BCUT2D eigenvalue weighted by Crippen LogP contribution is -2.22. The van der Waals surface area contributed by atoms with Crippen molar-refractivity contribution in [3.63, 3.8) is 0 Å². The fourth-order valence-electron chi connectivity index (χ4n) is 0.747. The van der Waals surface area contributed by atoms with Gasteiger partial charge < -0.3 is 4.90 Å². The Hall–Kier alpha value is 0.300. The highest BCUT2D eigenvalue weighted by atomic mass is 79.9. The molecule has 0 aromatic carbocycles. The van der Waals surface area contributed by atoms with E-state index in [0.29, 0.717) is 0 Å². The van der Waals surface area contributed by atoms with Crippen LogP contribution in [-0.4, -0.2) is 28.9 Å². The van der Waals surface area contributed by atoms with Crippen molar-refractivity contribution in [2.45, 2.75) is 6.92 Å². The van der Waals surface area contributed by atoms with Gasteiger partial charge >= 0.3 is 0 Å². The normalized spacial score (nSPS) is 17.9. The largest absolute Gasteiger partial charge is 0.351 e. The van der Waals surface area contributed by atoms with E-state index in [-0.39, 0.29) is 17.0 Å². The van der Waals surface area contributed by atoms with Gasteiger partial charge in [0.25, 0.3) is 0 Å². The van der Waals surface area contributed by atoms with Crippen LogP contribution < -0.4 is 0 Å². The van der Waals surface area contributed by atoms with Gasteiger partial charge in [0.05, 0.1) is 0 Å². The molecule has 2 nitrogen and oxygen atoms in total. The molecule has 54 valence electrons. The van der Waals surface area contributed by atoms with Crippen molar-refractivity contribution in [1.82, 2.24) is 4.90 Å². The third-order valence-electron chi connectivity index (χ3n) is 1.27. The van der Waals surface area contributed by atoms with Crippen LogP contribution in [0.15, 0.2) is 0 Å². The monoisotopic (exact) mass is 210 g/mol. The van der Waals surface area contributed by atoms with Crippen molar-refractivity contribution < 1.29 is 0 Å². The first-order chi connectivity index (χ1) is 3.84. The number of hydrogen-bond acceptors (Lipinski definition) is 2. The van der Waals surface area contributed by atoms with Crippen LogP contribution >= 0.6 is 28.7 Å². The van der Waals surface area contributed by atoms with E-state index in [2.05, 4.69) is 11.8 Å². The van der Waals surface area contributed by atoms with Gasteiger partial charge in [-0.05, 0) is 6.92 Å². The number of hydrogen-bond donors (Lipinski definition) is 1. The Balaban J connectivity index is 0.000000640. The van der Waals surface area contributed by atoms with Gasteiger partial charge in [-0.3, -0.25) is 5.41 Å². The molecule has 1 N–H and O–H groups in total. The van der Waals surface area contributed by atoms with Crippen molar-refractivity contribution in [2.75, 3.05) is 18.8 Å². The predicted molar refractivity (Wildman–Crippen MR) is 47.8 cm³/mol. The zero-order valence-corrected chi connectivity index (χ0v) is 7.91. The molecule has 9 heavy (non-hydrogen) atoms. The minimum Gasteiger partial charge on any atom is -0.351 e. The lowest BCUT2D eigenvalue weighted by Gasteiger charge is -2.11. The summed E-state index contributed by atoms with van der Waals surface area (Å²) in [4.78, 5) is 2.07. The molecule has 4 heteroatoms. The zero-order valence-electron chi connectivity index (χ0n) is 5.39. The van der Waals surface area contributed by atoms with Crippen LogP contribution in [0.3, 0.4) is 0 Å². The highest BCUT2D eigenvalue weighted by Crippen LogP contribution is 2.14. The molecule has 0 unspecified atom stereocenters. The summed E-state index contributed by atoms with van der Waals surface area (Å²) in [6, 6.07) is 0. The quantitative estimate of drug-likeness (QED) is 0.712. The van der Waals surface area contributed by atoms with Crippen molar-refractivity contribution in [1.29, 1.82) is 5.41 Å². The first kappa shape index (κ1) is 9.30. The summed E-state index contributed by atoms with van der Waals surface area (Å²) >= 11 is 1.64. The summed E-state index contributed by atoms with van der Waals surface area (Å²) in [5, 5.41) is 8.04. The summed E-state index contributed by atoms with van der Waals surface area (Å²) in [5.74, 6) is 1.10. The topological polar surface area (TPSA) is 27.1 Å². The molecular formula is C5H11BrN2S. The Morgan fingerprint density at radius 1 is 1.78 bits per heavy atom. The summed E-state index contributed by atoms with van der Waals surface area (Å²) in [5.41, 5.74) is 0. The van der Waals surface area contributed by atoms with Crippen LogP contribution in [0, 0.1) is 5.41 Å². The first-order valence-corrected chi connectivity index (χ1v) is 3.79.